The molecule has 2 N–H and O–H groups in total. The fraction of sp³-hybridized carbons (Fsp3) is 0.160. The van der Waals surface area contributed by atoms with Gasteiger partial charge in [-0.25, -0.2) is 0 Å². The second kappa shape index (κ2) is 11.1. The van der Waals surface area contributed by atoms with Gasteiger partial charge in [0.05, 0.1) is 0 Å². The van der Waals surface area contributed by atoms with Gasteiger partial charge in [0.2, 0.25) is 5.91 Å². The molecule has 0 bridgehead atoms. The standard InChI is InChI=1S/C25H23ClN2O4/c1-17(29)32-22-10-5-8-19(15-22)25(31)27-16-20-7-2-3-11-23(20)28-24(30)13-12-18-6-4-9-21(26)14-18/h2-11,14-15H,12-13,16H2,1H3,(H,27,31)(H,28,30). The topological polar surface area (TPSA) is 84.5 Å². The molecule has 0 radical (unpaired) electrons. The summed E-state index contributed by atoms with van der Waals surface area (Å²) in [6.45, 7) is 1.52. The Kier molecular flexibility index (Phi) is 8.00. The van der Waals surface area contributed by atoms with Crippen molar-refractivity contribution in [1.82, 2.24) is 5.32 Å². The molecule has 7 heteroatoms. The third-order valence-electron chi connectivity index (χ3n) is 4.62. The summed E-state index contributed by atoms with van der Waals surface area (Å²) in [5.74, 6) is -0.598. The van der Waals surface area contributed by atoms with Crippen LogP contribution in [0.2, 0.25) is 5.02 Å². The van der Waals surface area contributed by atoms with Crippen molar-refractivity contribution >= 4 is 35.1 Å². The van der Waals surface area contributed by atoms with E-state index in [1.54, 1.807) is 30.3 Å². The third kappa shape index (κ3) is 6.96. The van der Waals surface area contributed by atoms with Crippen LogP contribution in [0.3, 0.4) is 0 Å². The number of anilines is 1. The Hall–Kier alpha value is -3.64. The minimum atomic E-state index is -0.456. The van der Waals surface area contributed by atoms with Gasteiger partial charge in [-0.15, -0.1) is 0 Å². The lowest BCUT2D eigenvalue weighted by molar-refractivity contribution is -0.131. The molecule has 0 saturated heterocycles. The fourth-order valence-electron chi connectivity index (χ4n) is 3.10. The van der Waals surface area contributed by atoms with Crippen molar-refractivity contribution in [2.24, 2.45) is 0 Å². The maximum absolute atomic E-state index is 12.5. The predicted octanol–water partition coefficient (Wildman–Crippen LogP) is 4.77. The Morgan fingerprint density at radius 1 is 0.938 bits per heavy atom. The Bertz CT molecular complexity index is 1130. The number of aryl methyl sites for hydroxylation is 1. The highest BCUT2D eigenvalue weighted by molar-refractivity contribution is 6.30. The molecule has 0 aliphatic carbocycles. The fourth-order valence-corrected chi connectivity index (χ4v) is 3.32. The largest absolute Gasteiger partial charge is 0.427 e. The highest BCUT2D eigenvalue weighted by Crippen LogP contribution is 2.18. The number of nitrogens with one attached hydrogen (secondary N) is 2. The summed E-state index contributed by atoms with van der Waals surface area (Å²) in [4.78, 5) is 36.1. The summed E-state index contributed by atoms with van der Waals surface area (Å²) in [7, 11) is 0. The maximum atomic E-state index is 12.5. The summed E-state index contributed by atoms with van der Waals surface area (Å²) in [6, 6.07) is 21.1. The molecule has 0 heterocycles. The zero-order valence-corrected chi connectivity index (χ0v) is 18.3. The van der Waals surface area contributed by atoms with E-state index in [1.807, 2.05) is 36.4 Å². The zero-order chi connectivity index (χ0) is 22.9. The average molecular weight is 451 g/mol. The summed E-state index contributed by atoms with van der Waals surface area (Å²) in [5, 5.41) is 6.38. The van der Waals surface area contributed by atoms with Gasteiger partial charge >= 0.3 is 5.97 Å². The summed E-state index contributed by atoms with van der Waals surface area (Å²) in [5.41, 5.74) is 2.77. The zero-order valence-electron chi connectivity index (χ0n) is 17.6. The molecule has 0 atom stereocenters. The molecule has 0 aliphatic rings. The Labute approximate surface area is 191 Å². The number of para-hydroxylation sites is 1. The first-order valence-corrected chi connectivity index (χ1v) is 10.5. The van der Waals surface area contributed by atoms with E-state index in [9.17, 15) is 14.4 Å². The van der Waals surface area contributed by atoms with Crippen molar-refractivity contribution in [3.8, 4) is 5.75 Å². The monoisotopic (exact) mass is 450 g/mol. The minimum Gasteiger partial charge on any atom is -0.427 e. The lowest BCUT2D eigenvalue weighted by Crippen LogP contribution is -2.24. The van der Waals surface area contributed by atoms with Gasteiger partial charge in [0.15, 0.2) is 0 Å². The van der Waals surface area contributed by atoms with Crippen LogP contribution in [0.5, 0.6) is 5.75 Å². The molecule has 3 rings (SSSR count). The van der Waals surface area contributed by atoms with E-state index in [0.29, 0.717) is 34.9 Å². The second-order valence-corrected chi connectivity index (χ2v) is 7.58. The summed E-state index contributed by atoms with van der Waals surface area (Å²) >= 11 is 5.99. The van der Waals surface area contributed by atoms with Gasteiger partial charge < -0.3 is 15.4 Å². The number of carbonyl (C=O) groups excluding carboxylic acids is 3. The number of ether oxygens (including phenoxy) is 1. The van der Waals surface area contributed by atoms with E-state index < -0.39 is 5.97 Å². The number of hydrogen-bond acceptors (Lipinski definition) is 4. The van der Waals surface area contributed by atoms with Gasteiger partial charge in [0, 0.05) is 36.2 Å². The van der Waals surface area contributed by atoms with Crippen LogP contribution < -0.4 is 15.4 Å². The van der Waals surface area contributed by atoms with E-state index in [0.717, 1.165) is 11.1 Å². The van der Waals surface area contributed by atoms with Crippen LogP contribution in [0, 0.1) is 0 Å². The maximum Gasteiger partial charge on any atom is 0.308 e. The van der Waals surface area contributed by atoms with Gasteiger partial charge in [0.25, 0.3) is 5.91 Å². The first-order chi connectivity index (χ1) is 15.4. The van der Waals surface area contributed by atoms with Gasteiger partial charge in [-0.1, -0.05) is 48.0 Å². The van der Waals surface area contributed by atoms with E-state index in [1.165, 1.54) is 13.0 Å². The van der Waals surface area contributed by atoms with Gasteiger partial charge in [-0.05, 0) is 53.9 Å². The SMILES string of the molecule is CC(=O)Oc1cccc(C(=O)NCc2ccccc2NC(=O)CCc2cccc(Cl)c2)c1. The van der Waals surface area contributed by atoms with Crippen molar-refractivity contribution in [1.29, 1.82) is 0 Å². The van der Waals surface area contributed by atoms with Crippen LogP contribution in [0.4, 0.5) is 5.69 Å². The molecule has 3 aromatic rings. The molecule has 0 fully saturated rings. The summed E-state index contributed by atoms with van der Waals surface area (Å²) < 4.78 is 5.02. The number of halogens is 1. The van der Waals surface area contributed by atoms with Crippen molar-refractivity contribution in [2.45, 2.75) is 26.3 Å². The smallest absolute Gasteiger partial charge is 0.308 e. The number of hydrogen-bond donors (Lipinski definition) is 2. The van der Waals surface area contributed by atoms with Crippen LogP contribution >= 0.6 is 11.6 Å². The van der Waals surface area contributed by atoms with Crippen LogP contribution in [-0.4, -0.2) is 17.8 Å². The van der Waals surface area contributed by atoms with Crippen molar-refractivity contribution in [3.63, 3.8) is 0 Å². The molecule has 0 spiro atoms. The molecule has 32 heavy (non-hydrogen) atoms. The number of carbonyl (C=O) groups is 3. The molecular weight excluding hydrogens is 428 g/mol. The molecular formula is C25H23ClN2O4. The lowest BCUT2D eigenvalue weighted by atomic mass is 10.1. The molecule has 0 aromatic heterocycles. The molecule has 2 amide bonds. The number of rotatable bonds is 8. The van der Waals surface area contributed by atoms with Crippen LogP contribution in [0.15, 0.2) is 72.8 Å². The van der Waals surface area contributed by atoms with Gasteiger partial charge in [-0.2, -0.15) is 0 Å². The summed E-state index contributed by atoms with van der Waals surface area (Å²) in [6.07, 6.45) is 0.883. The van der Waals surface area contributed by atoms with Crippen LogP contribution in [0.25, 0.3) is 0 Å². The third-order valence-corrected chi connectivity index (χ3v) is 4.85. The highest BCUT2D eigenvalue weighted by Gasteiger charge is 2.11. The van der Waals surface area contributed by atoms with Crippen molar-refractivity contribution < 1.29 is 19.1 Å². The lowest BCUT2D eigenvalue weighted by Gasteiger charge is -2.12. The molecule has 0 aliphatic heterocycles. The minimum absolute atomic E-state index is 0.127. The highest BCUT2D eigenvalue weighted by atomic mass is 35.5. The quantitative estimate of drug-likeness (QED) is 0.382. The molecule has 3 aromatic carbocycles. The van der Waals surface area contributed by atoms with Crippen molar-refractivity contribution in [3.05, 3.63) is 94.5 Å². The normalized spacial score (nSPS) is 10.3. The average Bonchev–Trinajstić information content (AvgIpc) is 2.77. The number of esters is 1. The van der Waals surface area contributed by atoms with E-state index in [-0.39, 0.29) is 18.4 Å². The number of amides is 2. The Morgan fingerprint density at radius 3 is 2.50 bits per heavy atom. The second-order valence-electron chi connectivity index (χ2n) is 7.14. The first-order valence-electron chi connectivity index (χ1n) is 10.1. The number of benzene rings is 3. The molecule has 6 nitrogen and oxygen atoms in total. The molecule has 164 valence electrons. The van der Waals surface area contributed by atoms with E-state index in [4.69, 9.17) is 16.3 Å². The van der Waals surface area contributed by atoms with Crippen LogP contribution in [0.1, 0.15) is 34.8 Å². The Balaban J connectivity index is 1.58. The Morgan fingerprint density at radius 2 is 1.72 bits per heavy atom. The van der Waals surface area contributed by atoms with E-state index in [2.05, 4.69) is 10.6 Å². The van der Waals surface area contributed by atoms with Crippen LogP contribution in [-0.2, 0) is 22.6 Å². The predicted molar refractivity (Wildman–Crippen MR) is 124 cm³/mol. The van der Waals surface area contributed by atoms with Crippen molar-refractivity contribution in [2.75, 3.05) is 5.32 Å². The first kappa shape index (κ1) is 23.0. The molecule has 0 unspecified atom stereocenters. The molecule has 0 saturated carbocycles. The van der Waals surface area contributed by atoms with Gasteiger partial charge in [0.1, 0.15) is 5.75 Å². The van der Waals surface area contributed by atoms with Gasteiger partial charge in [-0.3, -0.25) is 14.4 Å². The van der Waals surface area contributed by atoms with E-state index >= 15 is 0 Å².